The van der Waals surface area contributed by atoms with Gasteiger partial charge < -0.3 is 16.4 Å². The van der Waals surface area contributed by atoms with Crippen molar-refractivity contribution in [1.29, 1.82) is 0 Å². The SMILES string of the molecule is NCC1(N)CCN2CCCC2C1. The number of nitrogens with zero attached hydrogens (tertiary/aromatic N) is 1. The van der Waals surface area contributed by atoms with E-state index in [9.17, 15) is 0 Å². The fourth-order valence-electron chi connectivity index (χ4n) is 2.54. The lowest BCUT2D eigenvalue weighted by atomic mass is 9.84. The van der Waals surface area contributed by atoms with E-state index in [4.69, 9.17) is 11.5 Å². The molecule has 3 heteroatoms. The average Bonchev–Trinajstić information content (AvgIpc) is 2.51. The predicted molar refractivity (Wildman–Crippen MR) is 49.8 cm³/mol. The minimum atomic E-state index is -0.0501. The Balaban J connectivity index is 2.00. The number of fused-ring (bicyclic) bond motifs is 1. The van der Waals surface area contributed by atoms with E-state index in [1.54, 1.807) is 0 Å². The molecule has 0 aromatic rings. The molecule has 0 bridgehead atoms. The largest absolute Gasteiger partial charge is 0.329 e. The summed E-state index contributed by atoms with van der Waals surface area (Å²) in [5.41, 5.74) is 11.8. The molecule has 70 valence electrons. The summed E-state index contributed by atoms with van der Waals surface area (Å²) < 4.78 is 0. The molecule has 12 heavy (non-hydrogen) atoms. The number of hydrogen-bond donors (Lipinski definition) is 2. The Morgan fingerprint density at radius 2 is 2.25 bits per heavy atom. The van der Waals surface area contributed by atoms with Gasteiger partial charge in [-0.15, -0.1) is 0 Å². The van der Waals surface area contributed by atoms with Crippen LogP contribution in [-0.2, 0) is 0 Å². The van der Waals surface area contributed by atoms with Crippen molar-refractivity contribution in [3.63, 3.8) is 0 Å². The molecule has 2 saturated heterocycles. The molecular formula is C9H19N3. The second kappa shape index (κ2) is 2.98. The number of hydrogen-bond acceptors (Lipinski definition) is 3. The Bertz CT molecular complexity index is 171. The minimum Gasteiger partial charge on any atom is -0.329 e. The second-order valence-corrected chi connectivity index (χ2v) is 4.35. The topological polar surface area (TPSA) is 55.3 Å². The van der Waals surface area contributed by atoms with Crippen LogP contribution in [0.25, 0.3) is 0 Å². The van der Waals surface area contributed by atoms with Gasteiger partial charge in [-0.1, -0.05) is 0 Å². The molecule has 4 N–H and O–H groups in total. The van der Waals surface area contributed by atoms with E-state index < -0.39 is 0 Å². The maximum atomic E-state index is 6.16. The van der Waals surface area contributed by atoms with Crippen molar-refractivity contribution in [2.24, 2.45) is 11.5 Å². The van der Waals surface area contributed by atoms with E-state index in [1.807, 2.05) is 0 Å². The van der Waals surface area contributed by atoms with Gasteiger partial charge in [0.1, 0.15) is 0 Å². The molecule has 2 heterocycles. The van der Waals surface area contributed by atoms with Crippen LogP contribution in [0.15, 0.2) is 0 Å². The summed E-state index contributed by atoms with van der Waals surface area (Å²) in [4.78, 5) is 2.57. The lowest BCUT2D eigenvalue weighted by molar-refractivity contribution is 0.135. The molecule has 0 aliphatic carbocycles. The summed E-state index contributed by atoms with van der Waals surface area (Å²) in [5.74, 6) is 0. The summed E-state index contributed by atoms with van der Waals surface area (Å²) in [5, 5.41) is 0. The lowest BCUT2D eigenvalue weighted by Crippen LogP contribution is -2.56. The molecule has 2 aliphatic rings. The minimum absolute atomic E-state index is 0.0501. The first-order valence-electron chi connectivity index (χ1n) is 4.96. The molecule has 0 saturated carbocycles. The van der Waals surface area contributed by atoms with Crippen molar-refractivity contribution in [2.75, 3.05) is 19.6 Å². The molecule has 2 fully saturated rings. The fourth-order valence-corrected chi connectivity index (χ4v) is 2.54. The maximum Gasteiger partial charge on any atom is 0.0305 e. The van der Waals surface area contributed by atoms with E-state index in [1.165, 1.54) is 25.9 Å². The molecule has 0 aromatic carbocycles. The van der Waals surface area contributed by atoms with Gasteiger partial charge in [-0.05, 0) is 32.2 Å². The third-order valence-corrected chi connectivity index (χ3v) is 3.44. The third-order valence-electron chi connectivity index (χ3n) is 3.44. The summed E-state index contributed by atoms with van der Waals surface area (Å²) >= 11 is 0. The Kier molecular flexibility index (Phi) is 2.10. The van der Waals surface area contributed by atoms with E-state index in [0.29, 0.717) is 6.54 Å². The molecule has 0 aromatic heterocycles. The maximum absolute atomic E-state index is 6.16. The van der Waals surface area contributed by atoms with Gasteiger partial charge in [0.2, 0.25) is 0 Å². The zero-order valence-electron chi connectivity index (χ0n) is 7.63. The van der Waals surface area contributed by atoms with E-state index in [2.05, 4.69) is 4.90 Å². The van der Waals surface area contributed by atoms with Gasteiger partial charge in [-0.2, -0.15) is 0 Å². The van der Waals surface area contributed by atoms with Crippen LogP contribution >= 0.6 is 0 Å². The van der Waals surface area contributed by atoms with Gasteiger partial charge in [0.05, 0.1) is 0 Å². The van der Waals surface area contributed by atoms with Crippen LogP contribution in [0.4, 0.5) is 0 Å². The van der Waals surface area contributed by atoms with Gasteiger partial charge in [-0.3, -0.25) is 0 Å². The number of nitrogens with two attached hydrogens (primary N) is 2. The summed E-state index contributed by atoms with van der Waals surface area (Å²) in [6.07, 6.45) is 4.88. The Morgan fingerprint density at radius 1 is 1.42 bits per heavy atom. The first-order valence-corrected chi connectivity index (χ1v) is 4.96. The molecule has 0 radical (unpaired) electrons. The van der Waals surface area contributed by atoms with Crippen molar-refractivity contribution < 1.29 is 0 Å². The van der Waals surface area contributed by atoms with E-state index in [-0.39, 0.29) is 5.54 Å². The molecule has 0 amide bonds. The normalized spacial score (nSPS) is 43.0. The highest BCUT2D eigenvalue weighted by molar-refractivity contribution is 4.98. The fraction of sp³-hybridized carbons (Fsp3) is 1.00. The zero-order chi connectivity index (χ0) is 8.60. The Labute approximate surface area is 74.1 Å². The summed E-state index contributed by atoms with van der Waals surface area (Å²) in [7, 11) is 0. The number of piperidine rings is 1. The van der Waals surface area contributed by atoms with Gasteiger partial charge in [0.25, 0.3) is 0 Å². The van der Waals surface area contributed by atoms with Crippen LogP contribution in [0.3, 0.4) is 0 Å². The van der Waals surface area contributed by atoms with Gasteiger partial charge in [-0.25, -0.2) is 0 Å². The van der Waals surface area contributed by atoms with Gasteiger partial charge in [0, 0.05) is 24.7 Å². The van der Waals surface area contributed by atoms with Crippen LogP contribution < -0.4 is 11.5 Å². The highest BCUT2D eigenvalue weighted by Gasteiger charge is 2.37. The smallest absolute Gasteiger partial charge is 0.0305 e. The predicted octanol–water partition coefficient (Wildman–Crippen LogP) is -0.0992. The monoisotopic (exact) mass is 169 g/mol. The van der Waals surface area contributed by atoms with Gasteiger partial charge in [0.15, 0.2) is 0 Å². The Morgan fingerprint density at radius 3 is 3.00 bits per heavy atom. The van der Waals surface area contributed by atoms with Crippen molar-refractivity contribution in [3.05, 3.63) is 0 Å². The van der Waals surface area contributed by atoms with Crippen molar-refractivity contribution in [3.8, 4) is 0 Å². The lowest BCUT2D eigenvalue weighted by Gasteiger charge is -2.41. The first kappa shape index (κ1) is 8.48. The highest BCUT2D eigenvalue weighted by atomic mass is 15.2. The van der Waals surface area contributed by atoms with Crippen molar-refractivity contribution >= 4 is 0 Å². The zero-order valence-corrected chi connectivity index (χ0v) is 7.63. The highest BCUT2D eigenvalue weighted by Crippen LogP contribution is 2.30. The summed E-state index contributed by atoms with van der Waals surface area (Å²) in [6.45, 7) is 3.10. The summed E-state index contributed by atoms with van der Waals surface area (Å²) in [6, 6.07) is 0.743. The van der Waals surface area contributed by atoms with Crippen LogP contribution in [-0.4, -0.2) is 36.1 Å². The average molecular weight is 169 g/mol. The van der Waals surface area contributed by atoms with E-state index in [0.717, 1.165) is 18.9 Å². The van der Waals surface area contributed by atoms with Crippen molar-refractivity contribution in [2.45, 2.75) is 37.3 Å². The molecule has 2 atom stereocenters. The van der Waals surface area contributed by atoms with Crippen LogP contribution in [0, 0.1) is 0 Å². The third kappa shape index (κ3) is 1.37. The van der Waals surface area contributed by atoms with Crippen LogP contribution in [0.2, 0.25) is 0 Å². The standard InChI is InChI=1S/C9H19N3/c10-7-9(11)3-5-12-4-1-2-8(12)6-9/h8H,1-7,10-11H2. The van der Waals surface area contributed by atoms with Crippen molar-refractivity contribution in [1.82, 2.24) is 4.90 Å². The van der Waals surface area contributed by atoms with Crippen LogP contribution in [0.1, 0.15) is 25.7 Å². The van der Waals surface area contributed by atoms with E-state index >= 15 is 0 Å². The second-order valence-electron chi connectivity index (χ2n) is 4.35. The van der Waals surface area contributed by atoms with Gasteiger partial charge >= 0.3 is 0 Å². The molecule has 2 unspecified atom stereocenters. The number of rotatable bonds is 1. The molecule has 2 rings (SSSR count). The quantitative estimate of drug-likeness (QED) is 0.576. The molecular weight excluding hydrogens is 150 g/mol. The molecule has 3 nitrogen and oxygen atoms in total. The van der Waals surface area contributed by atoms with Crippen LogP contribution in [0.5, 0.6) is 0 Å². The molecule has 2 aliphatic heterocycles. The first-order chi connectivity index (χ1) is 5.73. The molecule has 0 spiro atoms. The Hall–Kier alpha value is -0.120.